The van der Waals surface area contributed by atoms with Gasteiger partial charge in [-0.25, -0.2) is 4.98 Å². The maximum Gasteiger partial charge on any atom is 0.124 e. The molecule has 2 aliphatic carbocycles. The number of benzene rings is 1. The average molecular weight is 376 g/mol. The molecule has 1 unspecified atom stereocenters. The van der Waals surface area contributed by atoms with Crippen molar-refractivity contribution >= 4 is 21.6 Å². The zero-order chi connectivity index (χ0) is 18.8. The van der Waals surface area contributed by atoms with E-state index in [2.05, 4.69) is 52.0 Å². The maximum atomic E-state index is 5.22. The van der Waals surface area contributed by atoms with E-state index in [9.17, 15) is 0 Å². The Labute approximate surface area is 166 Å². The van der Waals surface area contributed by atoms with Gasteiger partial charge in [-0.1, -0.05) is 50.6 Å². The molecule has 2 heteroatoms. The van der Waals surface area contributed by atoms with Gasteiger partial charge in [0.15, 0.2) is 0 Å². The number of aryl methyl sites for hydroxylation is 4. The summed E-state index contributed by atoms with van der Waals surface area (Å²) < 4.78 is 0. The second-order valence-electron chi connectivity index (χ2n) is 9.62. The van der Waals surface area contributed by atoms with E-state index in [1.165, 1.54) is 64.7 Å². The first kappa shape index (κ1) is 17.4. The Bertz CT molecular complexity index is 1020. The van der Waals surface area contributed by atoms with Gasteiger partial charge in [0, 0.05) is 16.0 Å². The molecule has 0 bridgehead atoms. The largest absolute Gasteiger partial charge is 0.242 e. The summed E-state index contributed by atoms with van der Waals surface area (Å²) in [6.45, 7) is 9.40. The smallest absolute Gasteiger partial charge is 0.124 e. The molecular weight excluding hydrogens is 346 g/mol. The topological polar surface area (TPSA) is 12.9 Å². The molecule has 0 fully saturated rings. The van der Waals surface area contributed by atoms with Gasteiger partial charge in [0.2, 0.25) is 0 Å². The molecule has 3 aromatic rings. The molecule has 1 atom stereocenters. The second-order valence-corrected chi connectivity index (χ2v) is 10.7. The maximum absolute atomic E-state index is 5.22. The van der Waals surface area contributed by atoms with Crippen LogP contribution < -0.4 is 0 Å². The van der Waals surface area contributed by atoms with Crippen molar-refractivity contribution in [2.75, 3.05) is 0 Å². The molecule has 2 aliphatic rings. The Morgan fingerprint density at radius 2 is 1.78 bits per heavy atom. The summed E-state index contributed by atoms with van der Waals surface area (Å²) in [6, 6.07) is 9.21. The first-order valence-electron chi connectivity index (χ1n) is 10.4. The van der Waals surface area contributed by atoms with Crippen LogP contribution in [-0.4, -0.2) is 4.98 Å². The van der Waals surface area contributed by atoms with Gasteiger partial charge in [0.1, 0.15) is 4.83 Å². The van der Waals surface area contributed by atoms with Crippen molar-refractivity contribution in [3.8, 4) is 11.1 Å². The standard InChI is InChI=1S/C25H29NS/c1-15-8-10-16(11-9-15)22-19-14-17(25(2,3)4)12-13-20(19)26-24-23(22)18-6-5-7-21(18)27-24/h8-11,17H,5-7,12-14H2,1-4H3. The van der Waals surface area contributed by atoms with Crippen LogP contribution >= 0.6 is 11.3 Å². The number of nitrogens with zero attached hydrogens (tertiary/aromatic N) is 1. The predicted molar refractivity (Wildman–Crippen MR) is 117 cm³/mol. The highest BCUT2D eigenvalue weighted by atomic mass is 32.1. The average Bonchev–Trinajstić information content (AvgIpc) is 3.20. The third-order valence-corrected chi connectivity index (χ3v) is 7.97. The molecule has 0 radical (unpaired) electrons. The Morgan fingerprint density at radius 3 is 2.52 bits per heavy atom. The van der Waals surface area contributed by atoms with E-state index in [-0.39, 0.29) is 0 Å². The van der Waals surface area contributed by atoms with Crippen LogP contribution in [0.15, 0.2) is 24.3 Å². The molecular formula is C25H29NS. The lowest BCUT2D eigenvalue weighted by Gasteiger charge is -2.35. The lowest BCUT2D eigenvalue weighted by Crippen LogP contribution is -2.27. The summed E-state index contributed by atoms with van der Waals surface area (Å²) in [6.07, 6.45) is 7.38. The molecule has 27 heavy (non-hydrogen) atoms. The number of fused-ring (bicyclic) bond motifs is 4. The van der Waals surface area contributed by atoms with E-state index < -0.39 is 0 Å². The minimum atomic E-state index is 0.355. The fourth-order valence-corrected chi connectivity index (χ4v) is 6.37. The molecule has 0 saturated carbocycles. The Kier molecular flexibility index (Phi) is 3.98. The molecule has 0 amide bonds. The van der Waals surface area contributed by atoms with Crippen LogP contribution in [0.3, 0.4) is 0 Å². The SMILES string of the molecule is Cc1ccc(-c2c3c(nc4sc5c(c24)CCC5)CCC(C(C)(C)C)C3)cc1. The second kappa shape index (κ2) is 6.17. The first-order chi connectivity index (χ1) is 12.9. The molecule has 140 valence electrons. The van der Waals surface area contributed by atoms with E-state index in [1.807, 2.05) is 11.3 Å². The molecule has 1 nitrogen and oxygen atoms in total. The van der Waals surface area contributed by atoms with Crippen molar-refractivity contribution < 1.29 is 0 Å². The minimum absolute atomic E-state index is 0.355. The van der Waals surface area contributed by atoms with Crippen LogP contribution in [0.4, 0.5) is 0 Å². The van der Waals surface area contributed by atoms with Crippen LogP contribution in [0.1, 0.15) is 60.9 Å². The normalized spacial score (nSPS) is 19.3. The molecule has 0 aliphatic heterocycles. The lowest BCUT2D eigenvalue weighted by molar-refractivity contribution is 0.215. The molecule has 1 aromatic carbocycles. The van der Waals surface area contributed by atoms with Crippen LogP contribution in [0, 0.1) is 18.3 Å². The predicted octanol–water partition coefficient (Wildman–Crippen LogP) is 6.91. The summed E-state index contributed by atoms with van der Waals surface area (Å²) in [5.41, 5.74) is 9.13. The monoisotopic (exact) mass is 375 g/mol. The third kappa shape index (κ3) is 2.84. The van der Waals surface area contributed by atoms with Crippen molar-refractivity contribution in [2.45, 2.75) is 66.2 Å². The van der Waals surface area contributed by atoms with E-state index in [1.54, 1.807) is 16.0 Å². The van der Waals surface area contributed by atoms with Crippen molar-refractivity contribution in [1.29, 1.82) is 0 Å². The van der Waals surface area contributed by atoms with Crippen LogP contribution in [-0.2, 0) is 25.7 Å². The van der Waals surface area contributed by atoms with Gasteiger partial charge in [-0.3, -0.25) is 0 Å². The highest BCUT2D eigenvalue weighted by Gasteiger charge is 2.33. The number of hydrogen-bond acceptors (Lipinski definition) is 2. The number of pyridine rings is 1. The first-order valence-corrected chi connectivity index (χ1v) is 11.3. The van der Waals surface area contributed by atoms with Crippen LogP contribution in [0.5, 0.6) is 0 Å². The Hall–Kier alpha value is -1.67. The van der Waals surface area contributed by atoms with Gasteiger partial charge in [-0.05, 0) is 79.0 Å². The van der Waals surface area contributed by atoms with E-state index in [0.29, 0.717) is 5.41 Å². The van der Waals surface area contributed by atoms with Crippen molar-refractivity contribution in [2.24, 2.45) is 11.3 Å². The molecule has 0 saturated heterocycles. The Morgan fingerprint density at radius 1 is 1.00 bits per heavy atom. The molecule has 5 rings (SSSR count). The van der Waals surface area contributed by atoms with Gasteiger partial charge in [-0.2, -0.15) is 0 Å². The number of thiophene rings is 1. The quantitative estimate of drug-likeness (QED) is 0.450. The lowest BCUT2D eigenvalue weighted by atomic mass is 9.70. The van der Waals surface area contributed by atoms with Crippen LogP contribution in [0.25, 0.3) is 21.3 Å². The summed E-state index contributed by atoms with van der Waals surface area (Å²) in [4.78, 5) is 8.11. The van der Waals surface area contributed by atoms with E-state index >= 15 is 0 Å². The molecule has 2 heterocycles. The van der Waals surface area contributed by atoms with E-state index in [4.69, 9.17) is 4.98 Å². The third-order valence-electron chi connectivity index (χ3n) is 6.78. The van der Waals surface area contributed by atoms with Crippen molar-refractivity contribution in [1.82, 2.24) is 4.98 Å². The van der Waals surface area contributed by atoms with Gasteiger partial charge >= 0.3 is 0 Å². The Balaban J connectivity index is 1.79. The highest BCUT2D eigenvalue weighted by Crippen LogP contribution is 2.47. The number of hydrogen-bond donors (Lipinski definition) is 0. The minimum Gasteiger partial charge on any atom is -0.242 e. The van der Waals surface area contributed by atoms with Gasteiger partial charge in [-0.15, -0.1) is 11.3 Å². The zero-order valence-electron chi connectivity index (χ0n) is 17.0. The molecule has 0 N–H and O–H groups in total. The summed E-state index contributed by atoms with van der Waals surface area (Å²) in [7, 11) is 0. The zero-order valence-corrected chi connectivity index (χ0v) is 17.8. The summed E-state index contributed by atoms with van der Waals surface area (Å²) in [5, 5.41) is 1.49. The molecule has 0 spiro atoms. The number of aromatic nitrogens is 1. The van der Waals surface area contributed by atoms with Crippen molar-refractivity contribution in [3.05, 3.63) is 51.5 Å². The summed E-state index contributed by atoms with van der Waals surface area (Å²) in [5.74, 6) is 0.736. The fourth-order valence-electron chi connectivity index (χ4n) is 5.08. The van der Waals surface area contributed by atoms with Gasteiger partial charge in [0.25, 0.3) is 0 Å². The molecule has 2 aromatic heterocycles. The van der Waals surface area contributed by atoms with Gasteiger partial charge in [0.05, 0.1) is 0 Å². The highest BCUT2D eigenvalue weighted by molar-refractivity contribution is 7.19. The summed E-state index contributed by atoms with van der Waals surface area (Å²) >= 11 is 1.97. The van der Waals surface area contributed by atoms with Crippen molar-refractivity contribution in [3.63, 3.8) is 0 Å². The van der Waals surface area contributed by atoms with E-state index in [0.717, 1.165) is 12.3 Å². The number of rotatable bonds is 1. The van der Waals surface area contributed by atoms with Gasteiger partial charge < -0.3 is 0 Å². The fraction of sp³-hybridized carbons (Fsp3) is 0.480. The van der Waals surface area contributed by atoms with Crippen LogP contribution in [0.2, 0.25) is 0 Å².